The van der Waals surface area contributed by atoms with Crippen molar-refractivity contribution in [2.24, 2.45) is 0 Å². The van der Waals surface area contributed by atoms with E-state index >= 15 is 0 Å². The van der Waals surface area contributed by atoms with Crippen LogP contribution in [0.1, 0.15) is 16.7 Å². The SMILES string of the molecule is Cc1ccc(CN(C)C(=O)CN(C)S(=O)(=O)c2ccc(C)cc2)cc1. The monoisotopic (exact) mass is 360 g/mol. The Kier molecular flexibility index (Phi) is 5.98. The molecular weight excluding hydrogens is 336 g/mol. The molecule has 0 N–H and O–H groups in total. The van der Waals surface area contributed by atoms with E-state index in [1.165, 1.54) is 11.9 Å². The fourth-order valence-corrected chi connectivity index (χ4v) is 3.46. The van der Waals surface area contributed by atoms with E-state index in [1.54, 1.807) is 31.3 Å². The number of sulfonamides is 1. The molecule has 0 fully saturated rings. The van der Waals surface area contributed by atoms with Gasteiger partial charge in [-0.15, -0.1) is 0 Å². The molecule has 2 aromatic carbocycles. The third kappa shape index (κ3) is 4.90. The van der Waals surface area contributed by atoms with E-state index < -0.39 is 10.0 Å². The summed E-state index contributed by atoms with van der Waals surface area (Å²) < 4.78 is 26.2. The number of benzene rings is 2. The van der Waals surface area contributed by atoms with E-state index in [0.29, 0.717) is 6.54 Å². The molecule has 0 atom stereocenters. The van der Waals surface area contributed by atoms with Crippen molar-refractivity contribution in [2.75, 3.05) is 20.6 Å². The van der Waals surface area contributed by atoms with E-state index in [9.17, 15) is 13.2 Å². The summed E-state index contributed by atoms with van der Waals surface area (Å²) in [5, 5.41) is 0. The number of carbonyl (C=O) groups is 1. The first-order valence-electron chi connectivity index (χ1n) is 8.02. The predicted molar refractivity (Wildman–Crippen MR) is 98.6 cm³/mol. The lowest BCUT2D eigenvalue weighted by atomic mass is 10.1. The molecule has 2 rings (SSSR count). The van der Waals surface area contributed by atoms with Crippen molar-refractivity contribution in [3.63, 3.8) is 0 Å². The van der Waals surface area contributed by atoms with Crippen LogP contribution in [-0.2, 0) is 21.4 Å². The Hall–Kier alpha value is -2.18. The first-order chi connectivity index (χ1) is 11.7. The van der Waals surface area contributed by atoms with Gasteiger partial charge in [0.2, 0.25) is 15.9 Å². The van der Waals surface area contributed by atoms with E-state index in [1.807, 2.05) is 38.1 Å². The lowest BCUT2D eigenvalue weighted by Gasteiger charge is -2.22. The minimum atomic E-state index is -3.68. The molecule has 6 heteroatoms. The van der Waals surface area contributed by atoms with Gasteiger partial charge < -0.3 is 4.90 Å². The topological polar surface area (TPSA) is 57.7 Å². The lowest BCUT2D eigenvalue weighted by Crippen LogP contribution is -2.39. The van der Waals surface area contributed by atoms with Gasteiger partial charge in [0, 0.05) is 20.6 Å². The molecule has 2 aromatic rings. The third-order valence-electron chi connectivity index (χ3n) is 4.05. The normalized spacial score (nSPS) is 11.6. The molecule has 0 heterocycles. The molecule has 0 unspecified atom stereocenters. The summed E-state index contributed by atoms with van der Waals surface area (Å²) in [6, 6.07) is 14.5. The fraction of sp³-hybridized carbons (Fsp3) is 0.316. The Morgan fingerprint density at radius 1 is 0.880 bits per heavy atom. The number of aryl methyl sites for hydroxylation is 2. The second kappa shape index (κ2) is 7.80. The Labute approximate surface area is 149 Å². The quantitative estimate of drug-likeness (QED) is 0.796. The molecule has 25 heavy (non-hydrogen) atoms. The van der Waals surface area contributed by atoms with Crippen LogP contribution in [0.4, 0.5) is 0 Å². The number of carbonyl (C=O) groups excluding carboxylic acids is 1. The van der Waals surface area contributed by atoms with Gasteiger partial charge in [0.25, 0.3) is 0 Å². The van der Waals surface area contributed by atoms with Crippen LogP contribution < -0.4 is 0 Å². The zero-order valence-corrected chi connectivity index (χ0v) is 15.9. The summed E-state index contributed by atoms with van der Waals surface area (Å²) >= 11 is 0. The van der Waals surface area contributed by atoms with Crippen molar-refractivity contribution in [1.82, 2.24) is 9.21 Å². The van der Waals surface area contributed by atoms with Crippen molar-refractivity contribution in [3.8, 4) is 0 Å². The van der Waals surface area contributed by atoms with Gasteiger partial charge >= 0.3 is 0 Å². The third-order valence-corrected chi connectivity index (χ3v) is 5.87. The zero-order chi connectivity index (χ0) is 18.6. The molecule has 0 saturated heterocycles. The Balaban J connectivity index is 2.03. The predicted octanol–water partition coefficient (Wildman–Crippen LogP) is 2.58. The molecule has 0 aliphatic rings. The number of amides is 1. The van der Waals surface area contributed by atoms with Crippen LogP contribution in [0.2, 0.25) is 0 Å². The van der Waals surface area contributed by atoms with Crippen LogP contribution in [-0.4, -0.2) is 44.2 Å². The van der Waals surface area contributed by atoms with Gasteiger partial charge in [0.15, 0.2) is 0 Å². The van der Waals surface area contributed by atoms with Crippen molar-refractivity contribution < 1.29 is 13.2 Å². The van der Waals surface area contributed by atoms with Gasteiger partial charge in [-0.2, -0.15) is 4.31 Å². The number of likely N-dealkylation sites (N-methyl/N-ethyl adjacent to an activating group) is 2. The van der Waals surface area contributed by atoms with Gasteiger partial charge in [-0.05, 0) is 31.5 Å². The number of hydrogen-bond acceptors (Lipinski definition) is 3. The largest absolute Gasteiger partial charge is 0.340 e. The molecule has 0 aliphatic heterocycles. The van der Waals surface area contributed by atoms with E-state index in [2.05, 4.69) is 0 Å². The van der Waals surface area contributed by atoms with Crippen molar-refractivity contribution in [3.05, 3.63) is 65.2 Å². The molecule has 134 valence electrons. The minimum Gasteiger partial charge on any atom is -0.340 e. The Morgan fingerprint density at radius 3 is 1.88 bits per heavy atom. The van der Waals surface area contributed by atoms with Gasteiger partial charge in [0.05, 0.1) is 11.4 Å². The first kappa shape index (κ1) is 19.1. The smallest absolute Gasteiger partial charge is 0.243 e. The Morgan fingerprint density at radius 2 is 1.36 bits per heavy atom. The highest BCUT2D eigenvalue weighted by molar-refractivity contribution is 7.89. The highest BCUT2D eigenvalue weighted by Gasteiger charge is 2.24. The zero-order valence-electron chi connectivity index (χ0n) is 15.1. The maximum Gasteiger partial charge on any atom is 0.243 e. The number of nitrogens with zero attached hydrogens (tertiary/aromatic N) is 2. The van der Waals surface area contributed by atoms with E-state index in [0.717, 1.165) is 21.0 Å². The molecule has 0 aliphatic carbocycles. The second-order valence-electron chi connectivity index (χ2n) is 6.31. The number of hydrogen-bond donors (Lipinski definition) is 0. The maximum atomic E-state index is 12.6. The standard InChI is InChI=1S/C19H24N2O3S/c1-15-5-9-17(10-6-15)13-20(3)19(22)14-21(4)25(23,24)18-11-7-16(2)8-12-18/h5-12H,13-14H2,1-4H3. The van der Waals surface area contributed by atoms with Gasteiger partial charge in [0.1, 0.15) is 0 Å². The van der Waals surface area contributed by atoms with Gasteiger partial charge in [-0.3, -0.25) is 4.79 Å². The average Bonchev–Trinajstić information content (AvgIpc) is 2.57. The van der Waals surface area contributed by atoms with Crippen LogP contribution in [0.25, 0.3) is 0 Å². The maximum absolute atomic E-state index is 12.6. The van der Waals surface area contributed by atoms with Gasteiger partial charge in [-0.1, -0.05) is 47.5 Å². The molecule has 1 amide bonds. The van der Waals surface area contributed by atoms with E-state index in [4.69, 9.17) is 0 Å². The molecular formula is C19H24N2O3S. The molecule has 0 aromatic heterocycles. The van der Waals surface area contributed by atoms with Gasteiger partial charge in [-0.25, -0.2) is 8.42 Å². The molecule has 0 spiro atoms. The summed E-state index contributed by atoms with van der Waals surface area (Å²) in [5.74, 6) is -0.251. The molecule has 0 radical (unpaired) electrons. The highest BCUT2D eigenvalue weighted by Crippen LogP contribution is 2.15. The van der Waals surface area contributed by atoms with Crippen LogP contribution in [0.5, 0.6) is 0 Å². The molecule has 5 nitrogen and oxygen atoms in total. The summed E-state index contributed by atoms with van der Waals surface area (Å²) in [5.41, 5.74) is 3.14. The number of rotatable bonds is 6. The Bertz CT molecular complexity index is 828. The fourth-order valence-electron chi connectivity index (χ4n) is 2.34. The highest BCUT2D eigenvalue weighted by atomic mass is 32.2. The first-order valence-corrected chi connectivity index (χ1v) is 9.46. The lowest BCUT2D eigenvalue weighted by molar-refractivity contribution is -0.130. The second-order valence-corrected chi connectivity index (χ2v) is 8.35. The van der Waals surface area contributed by atoms with Crippen molar-refractivity contribution >= 4 is 15.9 Å². The summed E-state index contributed by atoms with van der Waals surface area (Å²) in [6.45, 7) is 4.14. The summed E-state index contributed by atoms with van der Waals surface area (Å²) in [6.07, 6.45) is 0. The van der Waals surface area contributed by atoms with Crippen LogP contribution >= 0.6 is 0 Å². The van der Waals surface area contributed by atoms with Crippen molar-refractivity contribution in [1.29, 1.82) is 0 Å². The molecule has 0 saturated carbocycles. The van der Waals surface area contributed by atoms with Crippen molar-refractivity contribution in [2.45, 2.75) is 25.3 Å². The van der Waals surface area contributed by atoms with Crippen LogP contribution in [0, 0.1) is 13.8 Å². The summed E-state index contributed by atoms with van der Waals surface area (Å²) in [4.78, 5) is 14.1. The summed E-state index contributed by atoms with van der Waals surface area (Å²) in [7, 11) is -0.578. The van der Waals surface area contributed by atoms with Crippen LogP contribution in [0.3, 0.4) is 0 Å². The minimum absolute atomic E-state index is 0.189. The average molecular weight is 360 g/mol. The van der Waals surface area contributed by atoms with E-state index in [-0.39, 0.29) is 17.3 Å². The van der Waals surface area contributed by atoms with Crippen LogP contribution in [0.15, 0.2) is 53.4 Å². The molecule has 0 bridgehead atoms.